The lowest BCUT2D eigenvalue weighted by molar-refractivity contribution is 0.293. The Morgan fingerprint density at radius 1 is 1.19 bits per heavy atom. The fourth-order valence-electron chi connectivity index (χ4n) is 1.29. The van der Waals surface area contributed by atoms with Crippen molar-refractivity contribution in [1.29, 1.82) is 0 Å². The van der Waals surface area contributed by atoms with Crippen LogP contribution in [-0.2, 0) is 6.61 Å². The highest BCUT2D eigenvalue weighted by Crippen LogP contribution is 2.12. The Kier molecular flexibility index (Phi) is 3.33. The van der Waals surface area contributed by atoms with Gasteiger partial charge in [0.05, 0.1) is 0 Å². The Morgan fingerprint density at radius 3 is 2.75 bits per heavy atom. The number of nitrogens with one attached hydrogen (secondary N) is 1. The average molecular weight is 215 g/mol. The molecule has 1 N–H and O–H groups in total. The standard InChI is InChI=1S/C12H13N3O/c1-13-11-7-12(15-9-14-11)16-8-10-5-3-2-4-6-10/h2-7,9H,8H2,1H3,(H,13,14,15). The molecule has 1 heterocycles. The van der Waals surface area contributed by atoms with Crippen molar-refractivity contribution in [3.63, 3.8) is 0 Å². The monoisotopic (exact) mass is 215 g/mol. The van der Waals surface area contributed by atoms with Gasteiger partial charge in [0.2, 0.25) is 5.88 Å². The molecule has 0 unspecified atom stereocenters. The molecule has 0 fully saturated rings. The summed E-state index contributed by atoms with van der Waals surface area (Å²) in [6, 6.07) is 11.7. The Balaban J connectivity index is 1.99. The van der Waals surface area contributed by atoms with Crippen LogP contribution in [0.1, 0.15) is 5.56 Å². The van der Waals surface area contributed by atoms with E-state index in [0.717, 1.165) is 11.4 Å². The van der Waals surface area contributed by atoms with E-state index in [1.165, 1.54) is 6.33 Å². The molecule has 0 atom stereocenters. The largest absolute Gasteiger partial charge is 0.473 e. The first-order valence-corrected chi connectivity index (χ1v) is 5.05. The lowest BCUT2D eigenvalue weighted by Gasteiger charge is -2.05. The summed E-state index contributed by atoms with van der Waals surface area (Å²) >= 11 is 0. The van der Waals surface area contributed by atoms with Gasteiger partial charge in [0.1, 0.15) is 18.8 Å². The molecule has 0 aliphatic heterocycles. The molecule has 16 heavy (non-hydrogen) atoms. The Labute approximate surface area is 94.3 Å². The Bertz CT molecular complexity index is 445. The average Bonchev–Trinajstić information content (AvgIpc) is 2.38. The van der Waals surface area contributed by atoms with Crippen molar-refractivity contribution >= 4 is 5.82 Å². The number of aromatic nitrogens is 2. The van der Waals surface area contributed by atoms with E-state index < -0.39 is 0 Å². The van der Waals surface area contributed by atoms with Crippen LogP contribution in [-0.4, -0.2) is 17.0 Å². The summed E-state index contributed by atoms with van der Waals surface area (Å²) in [7, 11) is 1.81. The van der Waals surface area contributed by atoms with Gasteiger partial charge in [-0.15, -0.1) is 0 Å². The lowest BCUT2D eigenvalue weighted by Crippen LogP contribution is -1.99. The summed E-state index contributed by atoms with van der Waals surface area (Å²) in [6.45, 7) is 0.515. The number of rotatable bonds is 4. The second kappa shape index (κ2) is 5.11. The van der Waals surface area contributed by atoms with E-state index >= 15 is 0 Å². The zero-order valence-electron chi connectivity index (χ0n) is 9.05. The van der Waals surface area contributed by atoms with Crippen LogP contribution in [0.4, 0.5) is 5.82 Å². The number of hydrogen-bond acceptors (Lipinski definition) is 4. The third-order valence-electron chi connectivity index (χ3n) is 2.13. The number of hydrogen-bond donors (Lipinski definition) is 1. The van der Waals surface area contributed by atoms with Gasteiger partial charge < -0.3 is 10.1 Å². The van der Waals surface area contributed by atoms with Crippen LogP contribution in [0, 0.1) is 0 Å². The van der Waals surface area contributed by atoms with Gasteiger partial charge in [-0.1, -0.05) is 30.3 Å². The van der Waals surface area contributed by atoms with Gasteiger partial charge in [-0.25, -0.2) is 9.97 Å². The van der Waals surface area contributed by atoms with Gasteiger partial charge in [-0.3, -0.25) is 0 Å². The Hall–Kier alpha value is -2.10. The van der Waals surface area contributed by atoms with Gasteiger partial charge in [0, 0.05) is 13.1 Å². The van der Waals surface area contributed by atoms with Gasteiger partial charge in [0.25, 0.3) is 0 Å². The van der Waals surface area contributed by atoms with E-state index in [9.17, 15) is 0 Å². The van der Waals surface area contributed by atoms with Crippen LogP contribution in [0.15, 0.2) is 42.7 Å². The molecular formula is C12H13N3O. The van der Waals surface area contributed by atoms with Crippen LogP contribution in [0.5, 0.6) is 5.88 Å². The number of anilines is 1. The quantitative estimate of drug-likeness (QED) is 0.848. The fraction of sp³-hybridized carbons (Fsp3) is 0.167. The van der Waals surface area contributed by atoms with Crippen molar-refractivity contribution in [3.8, 4) is 5.88 Å². The van der Waals surface area contributed by atoms with Gasteiger partial charge in [0.15, 0.2) is 0 Å². The van der Waals surface area contributed by atoms with E-state index in [-0.39, 0.29) is 0 Å². The van der Waals surface area contributed by atoms with Crippen molar-refractivity contribution in [2.45, 2.75) is 6.61 Å². The molecule has 0 spiro atoms. The van der Waals surface area contributed by atoms with E-state index in [2.05, 4.69) is 15.3 Å². The third-order valence-corrected chi connectivity index (χ3v) is 2.13. The fourth-order valence-corrected chi connectivity index (χ4v) is 1.29. The van der Waals surface area contributed by atoms with E-state index in [1.54, 1.807) is 6.07 Å². The predicted octanol–water partition coefficient (Wildman–Crippen LogP) is 2.10. The molecule has 0 bridgehead atoms. The lowest BCUT2D eigenvalue weighted by atomic mass is 10.2. The second-order valence-corrected chi connectivity index (χ2v) is 3.27. The van der Waals surface area contributed by atoms with E-state index in [0.29, 0.717) is 12.5 Å². The highest BCUT2D eigenvalue weighted by atomic mass is 16.5. The molecule has 1 aromatic heterocycles. The van der Waals surface area contributed by atoms with Crippen molar-refractivity contribution in [2.24, 2.45) is 0 Å². The maximum absolute atomic E-state index is 5.54. The van der Waals surface area contributed by atoms with Crippen molar-refractivity contribution < 1.29 is 4.74 Å². The minimum absolute atomic E-state index is 0.515. The molecule has 0 aliphatic carbocycles. The highest BCUT2D eigenvalue weighted by Gasteiger charge is 1.98. The minimum Gasteiger partial charge on any atom is -0.473 e. The molecule has 0 saturated heterocycles. The van der Waals surface area contributed by atoms with Crippen LogP contribution < -0.4 is 10.1 Å². The molecule has 1 aromatic carbocycles. The topological polar surface area (TPSA) is 47.0 Å². The summed E-state index contributed by atoms with van der Waals surface area (Å²) in [5.41, 5.74) is 1.12. The number of ether oxygens (including phenoxy) is 1. The Morgan fingerprint density at radius 2 is 2.00 bits per heavy atom. The van der Waals surface area contributed by atoms with E-state index in [1.807, 2.05) is 37.4 Å². The maximum atomic E-state index is 5.54. The molecule has 4 heteroatoms. The summed E-state index contributed by atoms with van der Waals surface area (Å²) in [5.74, 6) is 1.32. The van der Waals surface area contributed by atoms with Crippen LogP contribution in [0.2, 0.25) is 0 Å². The first kappa shape index (κ1) is 10.4. The van der Waals surface area contributed by atoms with Gasteiger partial charge in [-0.2, -0.15) is 0 Å². The smallest absolute Gasteiger partial charge is 0.218 e. The third kappa shape index (κ3) is 2.70. The summed E-state index contributed by atoms with van der Waals surface area (Å²) in [4.78, 5) is 8.04. The predicted molar refractivity (Wildman–Crippen MR) is 62.4 cm³/mol. The molecule has 0 amide bonds. The second-order valence-electron chi connectivity index (χ2n) is 3.27. The molecule has 2 rings (SSSR count). The molecule has 0 saturated carbocycles. The molecule has 0 aliphatic rings. The zero-order valence-corrected chi connectivity index (χ0v) is 9.05. The SMILES string of the molecule is CNc1cc(OCc2ccccc2)ncn1. The van der Waals surface area contributed by atoms with Crippen LogP contribution in [0.25, 0.3) is 0 Å². The molecule has 0 radical (unpaired) electrons. The van der Waals surface area contributed by atoms with Crippen LogP contribution >= 0.6 is 0 Å². The minimum atomic E-state index is 0.515. The van der Waals surface area contributed by atoms with Crippen LogP contribution in [0.3, 0.4) is 0 Å². The first-order chi connectivity index (χ1) is 7.88. The zero-order chi connectivity index (χ0) is 11.2. The highest BCUT2D eigenvalue weighted by molar-refractivity contribution is 5.36. The maximum Gasteiger partial charge on any atom is 0.218 e. The molecule has 2 aromatic rings. The van der Waals surface area contributed by atoms with Crippen molar-refractivity contribution in [1.82, 2.24) is 9.97 Å². The van der Waals surface area contributed by atoms with Gasteiger partial charge >= 0.3 is 0 Å². The summed E-state index contributed by atoms with van der Waals surface area (Å²) in [6.07, 6.45) is 1.48. The molecule has 4 nitrogen and oxygen atoms in total. The van der Waals surface area contributed by atoms with Gasteiger partial charge in [-0.05, 0) is 5.56 Å². The number of benzene rings is 1. The molecular weight excluding hydrogens is 202 g/mol. The number of nitrogens with zero attached hydrogens (tertiary/aromatic N) is 2. The first-order valence-electron chi connectivity index (χ1n) is 5.05. The summed E-state index contributed by atoms with van der Waals surface area (Å²) < 4.78 is 5.54. The summed E-state index contributed by atoms with van der Waals surface area (Å²) in [5, 5.41) is 2.93. The molecule has 82 valence electrons. The van der Waals surface area contributed by atoms with Crippen molar-refractivity contribution in [2.75, 3.05) is 12.4 Å². The van der Waals surface area contributed by atoms with E-state index in [4.69, 9.17) is 4.74 Å². The van der Waals surface area contributed by atoms with Crippen molar-refractivity contribution in [3.05, 3.63) is 48.3 Å². The normalized spacial score (nSPS) is 9.81.